The van der Waals surface area contributed by atoms with Gasteiger partial charge in [0, 0.05) is 6.61 Å². The fourth-order valence-corrected chi connectivity index (χ4v) is 1.74. The van der Waals surface area contributed by atoms with E-state index in [-0.39, 0.29) is 12.1 Å². The van der Waals surface area contributed by atoms with E-state index in [0.29, 0.717) is 6.61 Å². The standard InChI is InChI=1S/C12H22O3/c1-3-4-9-14-10(2)12(13)15-11-7-5-6-8-11/h10-11H,3-9H2,1-2H3. The van der Waals surface area contributed by atoms with Gasteiger partial charge in [-0.3, -0.25) is 0 Å². The zero-order valence-electron chi connectivity index (χ0n) is 9.83. The molecule has 15 heavy (non-hydrogen) atoms. The third-order valence-corrected chi connectivity index (χ3v) is 2.78. The molecule has 0 radical (unpaired) electrons. The van der Waals surface area contributed by atoms with Gasteiger partial charge in [0.2, 0.25) is 0 Å². The Morgan fingerprint density at radius 1 is 1.40 bits per heavy atom. The van der Waals surface area contributed by atoms with Crippen molar-refractivity contribution in [2.24, 2.45) is 0 Å². The second kappa shape index (κ2) is 6.83. The Kier molecular flexibility index (Phi) is 5.69. The van der Waals surface area contributed by atoms with Crippen molar-refractivity contribution in [1.82, 2.24) is 0 Å². The van der Waals surface area contributed by atoms with Crippen LogP contribution in [0, 0.1) is 0 Å². The molecule has 0 N–H and O–H groups in total. The highest BCUT2D eigenvalue weighted by Crippen LogP contribution is 2.21. The molecule has 0 bridgehead atoms. The lowest BCUT2D eigenvalue weighted by molar-refractivity contribution is -0.161. The number of hydrogen-bond donors (Lipinski definition) is 0. The Balaban J connectivity index is 2.14. The van der Waals surface area contributed by atoms with E-state index in [9.17, 15) is 4.79 Å². The summed E-state index contributed by atoms with van der Waals surface area (Å²) in [7, 11) is 0. The lowest BCUT2D eigenvalue weighted by Crippen LogP contribution is -2.27. The SMILES string of the molecule is CCCCOC(C)C(=O)OC1CCCC1. The van der Waals surface area contributed by atoms with E-state index in [0.717, 1.165) is 25.7 Å². The fraction of sp³-hybridized carbons (Fsp3) is 0.917. The van der Waals surface area contributed by atoms with Crippen LogP contribution in [0.5, 0.6) is 0 Å². The molecule has 1 saturated carbocycles. The van der Waals surface area contributed by atoms with E-state index >= 15 is 0 Å². The van der Waals surface area contributed by atoms with Crippen LogP contribution in [0.4, 0.5) is 0 Å². The fourth-order valence-electron chi connectivity index (χ4n) is 1.74. The number of rotatable bonds is 6. The van der Waals surface area contributed by atoms with Gasteiger partial charge in [-0.05, 0) is 39.0 Å². The van der Waals surface area contributed by atoms with Gasteiger partial charge in [0.25, 0.3) is 0 Å². The minimum absolute atomic E-state index is 0.148. The molecule has 0 amide bonds. The minimum Gasteiger partial charge on any atom is -0.460 e. The van der Waals surface area contributed by atoms with E-state index in [1.54, 1.807) is 6.92 Å². The van der Waals surface area contributed by atoms with E-state index in [2.05, 4.69) is 6.92 Å². The molecule has 1 fully saturated rings. The maximum absolute atomic E-state index is 11.5. The second-order valence-electron chi connectivity index (χ2n) is 4.21. The Bertz CT molecular complexity index is 185. The Morgan fingerprint density at radius 3 is 2.67 bits per heavy atom. The number of hydrogen-bond acceptors (Lipinski definition) is 3. The third-order valence-electron chi connectivity index (χ3n) is 2.78. The molecule has 0 aromatic carbocycles. The summed E-state index contributed by atoms with van der Waals surface area (Å²) >= 11 is 0. The molecular weight excluding hydrogens is 192 g/mol. The summed E-state index contributed by atoms with van der Waals surface area (Å²) < 4.78 is 10.7. The molecule has 0 saturated heterocycles. The number of ether oxygens (including phenoxy) is 2. The maximum Gasteiger partial charge on any atom is 0.335 e. The van der Waals surface area contributed by atoms with Crippen LogP contribution < -0.4 is 0 Å². The molecule has 0 spiro atoms. The van der Waals surface area contributed by atoms with Crippen molar-refractivity contribution < 1.29 is 14.3 Å². The molecule has 3 nitrogen and oxygen atoms in total. The van der Waals surface area contributed by atoms with Gasteiger partial charge in [0.1, 0.15) is 6.10 Å². The molecule has 1 aliphatic carbocycles. The molecule has 0 aromatic heterocycles. The van der Waals surface area contributed by atoms with Gasteiger partial charge in [-0.1, -0.05) is 13.3 Å². The van der Waals surface area contributed by atoms with Crippen LogP contribution in [0.1, 0.15) is 52.4 Å². The van der Waals surface area contributed by atoms with Crippen LogP contribution in [0.15, 0.2) is 0 Å². The molecule has 0 aromatic rings. The third kappa shape index (κ3) is 4.65. The smallest absolute Gasteiger partial charge is 0.335 e. The lowest BCUT2D eigenvalue weighted by atomic mass is 10.3. The summed E-state index contributed by atoms with van der Waals surface area (Å²) in [5.41, 5.74) is 0. The molecule has 1 unspecified atom stereocenters. The molecule has 1 aliphatic rings. The van der Waals surface area contributed by atoms with Gasteiger partial charge in [0.05, 0.1) is 0 Å². The lowest BCUT2D eigenvalue weighted by Gasteiger charge is -2.16. The Hall–Kier alpha value is -0.570. The largest absolute Gasteiger partial charge is 0.460 e. The topological polar surface area (TPSA) is 35.5 Å². The van der Waals surface area contributed by atoms with E-state index in [4.69, 9.17) is 9.47 Å². The van der Waals surface area contributed by atoms with E-state index in [1.807, 2.05) is 0 Å². The van der Waals surface area contributed by atoms with Gasteiger partial charge in [-0.15, -0.1) is 0 Å². The first-order valence-corrected chi connectivity index (χ1v) is 6.06. The number of unbranched alkanes of at least 4 members (excludes halogenated alkanes) is 1. The number of esters is 1. The first-order valence-electron chi connectivity index (χ1n) is 6.06. The summed E-state index contributed by atoms with van der Waals surface area (Å²) in [6.07, 6.45) is 6.24. The quantitative estimate of drug-likeness (QED) is 0.503. The van der Waals surface area contributed by atoms with Crippen molar-refractivity contribution in [2.45, 2.75) is 64.6 Å². The first kappa shape index (κ1) is 12.5. The summed E-state index contributed by atoms with van der Waals surface area (Å²) in [6.45, 7) is 4.52. The molecule has 1 atom stereocenters. The van der Waals surface area contributed by atoms with Crippen molar-refractivity contribution >= 4 is 5.97 Å². The van der Waals surface area contributed by atoms with Gasteiger partial charge in [-0.25, -0.2) is 4.79 Å². The highest BCUT2D eigenvalue weighted by Gasteiger charge is 2.22. The predicted molar refractivity (Wildman–Crippen MR) is 58.7 cm³/mol. The molecule has 1 rings (SSSR count). The second-order valence-corrected chi connectivity index (χ2v) is 4.21. The summed E-state index contributed by atoms with van der Waals surface area (Å²) in [5.74, 6) is -0.196. The van der Waals surface area contributed by atoms with Crippen molar-refractivity contribution in [1.29, 1.82) is 0 Å². The normalized spacial score (nSPS) is 19.1. The predicted octanol–water partition coefficient (Wildman–Crippen LogP) is 2.68. The number of carbonyl (C=O) groups is 1. The van der Waals surface area contributed by atoms with Gasteiger partial charge in [0.15, 0.2) is 6.10 Å². The van der Waals surface area contributed by atoms with E-state index < -0.39 is 6.10 Å². The Labute approximate surface area is 92.1 Å². The van der Waals surface area contributed by atoms with Crippen LogP contribution >= 0.6 is 0 Å². The minimum atomic E-state index is -0.405. The van der Waals surface area contributed by atoms with Crippen LogP contribution in [0.3, 0.4) is 0 Å². The zero-order chi connectivity index (χ0) is 11.1. The monoisotopic (exact) mass is 214 g/mol. The van der Waals surface area contributed by atoms with Crippen molar-refractivity contribution in [2.75, 3.05) is 6.61 Å². The van der Waals surface area contributed by atoms with Gasteiger partial charge >= 0.3 is 5.97 Å². The average Bonchev–Trinajstić information content (AvgIpc) is 2.70. The summed E-state index contributed by atoms with van der Waals surface area (Å²) in [4.78, 5) is 11.5. The first-order chi connectivity index (χ1) is 7.24. The molecule has 3 heteroatoms. The van der Waals surface area contributed by atoms with Crippen LogP contribution in [0.2, 0.25) is 0 Å². The van der Waals surface area contributed by atoms with Gasteiger partial charge in [-0.2, -0.15) is 0 Å². The molecule has 0 aliphatic heterocycles. The van der Waals surface area contributed by atoms with Crippen molar-refractivity contribution in [3.05, 3.63) is 0 Å². The molecule has 0 heterocycles. The molecule has 88 valence electrons. The summed E-state index contributed by atoms with van der Waals surface area (Å²) in [5, 5.41) is 0. The summed E-state index contributed by atoms with van der Waals surface area (Å²) in [6, 6.07) is 0. The zero-order valence-corrected chi connectivity index (χ0v) is 9.83. The van der Waals surface area contributed by atoms with Crippen LogP contribution in [-0.4, -0.2) is 24.8 Å². The van der Waals surface area contributed by atoms with E-state index in [1.165, 1.54) is 12.8 Å². The highest BCUT2D eigenvalue weighted by atomic mass is 16.6. The highest BCUT2D eigenvalue weighted by molar-refractivity contribution is 5.74. The average molecular weight is 214 g/mol. The molecular formula is C12H22O3. The van der Waals surface area contributed by atoms with Crippen molar-refractivity contribution in [3.8, 4) is 0 Å². The van der Waals surface area contributed by atoms with Gasteiger partial charge < -0.3 is 9.47 Å². The Morgan fingerprint density at radius 2 is 2.07 bits per heavy atom. The van der Waals surface area contributed by atoms with Crippen molar-refractivity contribution in [3.63, 3.8) is 0 Å². The van der Waals surface area contributed by atoms with Crippen LogP contribution in [0.25, 0.3) is 0 Å². The van der Waals surface area contributed by atoms with Crippen LogP contribution in [-0.2, 0) is 14.3 Å². The number of carbonyl (C=O) groups excluding carboxylic acids is 1. The maximum atomic E-state index is 11.5.